The van der Waals surface area contributed by atoms with E-state index in [2.05, 4.69) is 0 Å². The predicted octanol–water partition coefficient (Wildman–Crippen LogP) is 9.35. The zero-order valence-corrected chi connectivity index (χ0v) is 25.0. The van der Waals surface area contributed by atoms with Crippen LogP contribution in [0.1, 0.15) is 74.8 Å². The summed E-state index contributed by atoms with van der Waals surface area (Å²) in [6.07, 6.45) is -1.14. The molecule has 1 aromatic rings. The van der Waals surface area contributed by atoms with E-state index in [1.807, 2.05) is 100 Å². The molecule has 0 aromatic heterocycles. The van der Waals surface area contributed by atoms with Crippen LogP contribution in [0.4, 0.5) is 0 Å². The molecule has 0 amide bonds. The summed E-state index contributed by atoms with van der Waals surface area (Å²) in [5.41, 5.74) is 1.11. The predicted molar refractivity (Wildman–Crippen MR) is 141 cm³/mol. The van der Waals surface area contributed by atoms with Gasteiger partial charge in [0.15, 0.2) is 0 Å². The van der Waals surface area contributed by atoms with Crippen LogP contribution in [0.3, 0.4) is 0 Å². The van der Waals surface area contributed by atoms with Crippen LogP contribution in [-0.2, 0) is 22.6 Å². The van der Waals surface area contributed by atoms with Gasteiger partial charge in [-0.15, -0.1) is 13.5 Å². The van der Waals surface area contributed by atoms with E-state index in [9.17, 15) is 0 Å². The Morgan fingerprint density at radius 1 is 0.500 bits per heavy atom. The number of nitrogens with zero attached hydrogens (tertiary/aromatic N) is 3. The number of benzene rings is 1. The fourth-order valence-electron chi connectivity index (χ4n) is 2.91. The summed E-state index contributed by atoms with van der Waals surface area (Å²) in [4.78, 5) is 0. The topological polar surface area (TPSA) is 92.5 Å². The maximum atomic E-state index is 6.48. The average molecular weight is 538 g/mol. The molecule has 0 saturated carbocycles. The number of hydrogen-bond acceptors (Lipinski definition) is 9. The lowest BCUT2D eigenvalue weighted by Gasteiger charge is -2.36. The minimum Gasteiger partial charge on any atom is -0.422 e. The summed E-state index contributed by atoms with van der Waals surface area (Å²) >= 11 is 0. The van der Waals surface area contributed by atoms with Crippen LogP contribution in [0.2, 0.25) is 0 Å². The van der Waals surface area contributed by atoms with Gasteiger partial charge in [0.2, 0.25) is 0 Å². The molecule has 1 aliphatic heterocycles. The average Bonchev–Trinajstić information content (AvgIpc) is 2.59. The Bertz CT molecular complexity index is 923. The minimum absolute atomic E-state index is 0.224. The van der Waals surface area contributed by atoms with Crippen LogP contribution in [0.15, 0.2) is 37.8 Å². The van der Waals surface area contributed by atoms with Crippen LogP contribution in [0.5, 0.6) is 5.75 Å². The number of hydrogen-bond donors (Lipinski definition) is 0. The van der Waals surface area contributed by atoms with Gasteiger partial charge in [0.25, 0.3) is 0 Å². The lowest BCUT2D eigenvalue weighted by Crippen LogP contribution is -2.14. The van der Waals surface area contributed by atoms with Crippen LogP contribution < -0.4 is 4.52 Å². The van der Waals surface area contributed by atoms with Gasteiger partial charge in [-0.25, -0.2) is 0 Å². The van der Waals surface area contributed by atoms with Crippen LogP contribution in [0, 0.1) is 6.92 Å². The van der Waals surface area contributed by atoms with Crippen molar-refractivity contribution >= 4 is 23.0 Å². The molecule has 0 N–H and O–H groups in total. The van der Waals surface area contributed by atoms with E-state index in [1.54, 1.807) is 0 Å². The molecule has 1 heterocycles. The van der Waals surface area contributed by atoms with Crippen molar-refractivity contribution < 1.29 is 27.1 Å². The standard InChI is InChI=1S/C22H42N3O6P3/c1-16(2)26-32(27-17(3)4)23-33(28-18(5)6,29-19(7)8)25-34(24-32,30-20(9)10)31-22-14-12-21(11)13-15-22/h12-20H,1-11H3. The molecule has 1 atom stereocenters. The quantitative estimate of drug-likeness (QED) is 0.247. The summed E-state index contributed by atoms with van der Waals surface area (Å²) in [6, 6.07) is 7.67. The highest BCUT2D eigenvalue weighted by Crippen LogP contribution is 2.81. The van der Waals surface area contributed by atoms with E-state index in [4.69, 9.17) is 40.7 Å². The smallest absolute Gasteiger partial charge is 0.403 e. The van der Waals surface area contributed by atoms with Crippen LogP contribution in [0.25, 0.3) is 0 Å². The molecule has 0 aliphatic carbocycles. The Hall–Kier alpha value is -0.490. The first kappa shape index (κ1) is 29.7. The summed E-state index contributed by atoms with van der Waals surface area (Å²) in [5, 5.41) is 0. The van der Waals surface area contributed by atoms with Gasteiger partial charge in [0.05, 0.1) is 30.5 Å². The van der Waals surface area contributed by atoms with Crippen molar-refractivity contribution in [3.05, 3.63) is 29.8 Å². The first-order valence-electron chi connectivity index (χ1n) is 11.8. The molecule has 1 unspecified atom stereocenters. The third-order valence-corrected chi connectivity index (χ3v) is 13.0. The van der Waals surface area contributed by atoms with Crippen molar-refractivity contribution in [2.24, 2.45) is 13.5 Å². The highest BCUT2D eigenvalue weighted by molar-refractivity contribution is 7.78. The molecular weight excluding hydrogens is 495 g/mol. The lowest BCUT2D eigenvalue weighted by atomic mass is 10.2. The van der Waals surface area contributed by atoms with Crippen molar-refractivity contribution in [1.29, 1.82) is 0 Å². The van der Waals surface area contributed by atoms with Gasteiger partial charge in [-0.2, -0.15) is 0 Å². The summed E-state index contributed by atoms with van der Waals surface area (Å²) < 4.78 is 53.0. The highest BCUT2D eigenvalue weighted by atomic mass is 31.3. The molecule has 0 saturated heterocycles. The van der Waals surface area contributed by atoms with Gasteiger partial charge >= 0.3 is 23.0 Å². The molecule has 1 aliphatic rings. The van der Waals surface area contributed by atoms with E-state index in [1.165, 1.54) is 0 Å². The Morgan fingerprint density at radius 3 is 1.15 bits per heavy atom. The molecular formula is C22H42N3O6P3. The normalized spacial score (nSPS) is 21.6. The molecule has 12 heteroatoms. The van der Waals surface area contributed by atoms with Crippen molar-refractivity contribution in [3.63, 3.8) is 0 Å². The van der Waals surface area contributed by atoms with Gasteiger partial charge in [0.1, 0.15) is 5.75 Å². The van der Waals surface area contributed by atoms with Gasteiger partial charge in [-0.05, 0) is 88.3 Å². The summed E-state index contributed by atoms with van der Waals surface area (Å²) in [7, 11) is -10.0. The Balaban J connectivity index is 2.93. The maximum Gasteiger partial charge on any atom is 0.403 e. The summed E-state index contributed by atoms with van der Waals surface area (Å²) in [5.74, 6) is 0.577. The first-order valence-corrected chi connectivity index (χ1v) is 16.4. The largest absolute Gasteiger partial charge is 0.422 e. The zero-order valence-electron chi connectivity index (χ0n) is 22.3. The summed E-state index contributed by atoms with van der Waals surface area (Å²) in [6.45, 7) is 21.2. The van der Waals surface area contributed by atoms with E-state index in [-0.39, 0.29) is 30.5 Å². The fourth-order valence-corrected chi connectivity index (χ4v) is 13.0. The van der Waals surface area contributed by atoms with Gasteiger partial charge < -0.3 is 22.6 Å². The minimum atomic E-state index is -3.40. The van der Waals surface area contributed by atoms with Gasteiger partial charge in [0, 0.05) is 0 Å². The number of aryl methyl sites for hydroxylation is 1. The maximum absolute atomic E-state index is 6.48. The molecule has 0 bridgehead atoms. The molecule has 2 rings (SSSR count). The zero-order chi connectivity index (χ0) is 25.7. The third kappa shape index (κ3) is 8.87. The van der Waals surface area contributed by atoms with Gasteiger partial charge in [-0.3, -0.25) is 4.52 Å². The van der Waals surface area contributed by atoms with Crippen LogP contribution >= 0.6 is 23.0 Å². The van der Waals surface area contributed by atoms with E-state index in [0.717, 1.165) is 5.56 Å². The van der Waals surface area contributed by atoms with E-state index < -0.39 is 23.0 Å². The molecule has 34 heavy (non-hydrogen) atoms. The number of rotatable bonds is 12. The fraction of sp³-hybridized carbons (Fsp3) is 0.727. The van der Waals surface area contributed by atoms with Gasteiger partial charge in [-0.1, -0.05) is 17.7 Å². The first-order chi connectivity index (χ1) is 15.7. The third-order valence-electron chi connectivity index (χ3n) is 3.66. The van der Waals surface area contributed by atoms with E-state index in [0.29, 0.717) is 5.75 Å². The van der Waals surface area contributed by atoms with Crippen molar-refractivity contribution in [3.8, 4) is 5.75 Å². The monoisotopic (exact) mass is 537 g/mol. The molecule has 0 spiro atoms. The molecule has 0 radical (unpaired) electrons. The van der Waals surface area contributed by atoms with Crippen LogP contribution in [-0.4, -0.2) is 30.5 Å². The second-order valence-corrected chi connectivity index (χ2v) is 15.7. The SMILES string of the molecule is Cc1ccc(OP2(OC(C)C)=NP(OC(C)C)(OC(C)C)=NP(OC(C)C)(OC(C)C)=N2)cc1. The Labute approximate surface area is 206 Å². The molecule has 9 nitrogen and oxygen atoms in total. The Morgan fingerprint density at radius 2 is 0.794 bits per heavy atom. The highest BCUT2D eigenvalue weighted by Gasteiger charge is 2.46. The Kier molecular flexibility index (Phi) is 10.6. The van der Waals surface area contributed by atoms with Crippen molar-refractivity contribution in [2.75, 3.05) is 0 Å². The van der Waals surface area contributed by atoms with E-state index >= 15 is 0 Å². The molecule has 0 fully saturated rings. The second kappa shape index (κ2) is 12.2. The van der Waals surface area contributed by atoms with Crippen molar-refractivity contribution in [2.45, 2.75) is 107 Å². The van der Waals surface area contributed by atoms with Crippen molar-refractivity contribution in [1.82, 2.24) is 0 Å². The molecule has 196 valence electrons. The second-order valence-electron chi connectivity index (χ2n) is 9.42. The lowest BCUT2D eigenvalue weighted by molar-refractivity contribution is 0.157. The molecule has 1 aromatic carbocycles.